The number of piperidine rings is 1. The van der Waals surface area contributed by atoms with Crippen molar-refractivity contribution in [3.05, 3.63) is 0 Å². The largest absolute Gasteiger partial charge is 0.468 e. The summed E-state index contributed by atoms with van der Waals surface area (Å²) in [4.78, 5) is 14.3. The van der Waals surface area contributed by atoms with Crippen LogP contribution in [0.2, 0.25) is 0 Å². The van der Waals surface area contributed by atoms with Crippen molar-refractivity contribution in [3.8, 4) is 0 Å². The molecule has 4 heteroatoms. The van der Waals surface area contributed by atoms with Crippen LogP contribution in [-0.2, 0) is 9.53 Å². The van der Waals surface area contributed by atoms with Crippen LogP contribution in [-0.4, -0.2) is 50.2 Å². The van der Waals surface area contributed by atoms with E-state index >= 15 is 0 Å². The topological polar surface area (TPSA) is 41.6 Å². The maximum absolute atomic E-state index is 11.8. The molecule has 0 amide bonds. The number of likely N-dealkylation sites (tertiary alicyclic amines) is 1. The number of esters is 1. The number of nitrogens with one attached hydrogen (secondary N) is 1. The van der Waals surface area contributed by atoms with Crippen molar-refractivity contribution in [1.82, 2.24) is 10.2 Å². The van der Waals surface area contributed by atoms with E-state index in [0.29, 0.717) is 5.41 Å². The molecule has 20 heavy (non-hydrogen) atoms. The van der Waals surface area contributed by atoms with E-state index in [-0.39, 0.29) is 5.97 Å². The summed E-state index contributed by atoms with van der Waals surface area (Å²) in [5.74, 6) is 0.639. The van der Waals surface area contributed by atoms with Crippen molar-refractivity contribution >= 4 is 5.97 Å². The van der Waals surface area contributed by atoms with Crippen LogP contribution >= 0.6 is 0 Å². The molecular weight excluding hydrogens is 252 g/mol. The zero-order valence-corrected chi connectivity index (χ0v) is 14.1. The van der Waals surface area contributed by atoms with E-state index in [1.165, 1.54) is 20.0 Å². The lowest BCUT2D eigenvalue weighted by molar-refractivity contribution is -0.148. The average Bonchev–Trinajstić information content (AvgIpc) is 2.43. The molecule has 0 bridgehead atoms. The predicted octanol–water partition coefficient (Wildman–Crippen LogP) is 2.29. The first-order valence-corrected chi connectivity index (χ1v) is 7.72. The molecule has 0 aromatic carbocycles. The Kier molecular flexibility index (Phi) is 6.02. The van der Waals surface area contributed by atoms with E-state index in [9.17, 15) is 4.79 Å². The summed E-state index contributed by atoms with van der Waals surface area (Å²) in [7, 11) is 3.27. The second kappa shape index (κ2) is 6.90. The summed E-state index contributed by atoms with van der Waals surface area (Å²) in [6.07, 6.45) is 3.31. The van der Waals surface area contributed by atoms with Crippen LogP contribution in [0, 0.1) is 11.3 Å². The highest BCUT2D eigenvalue weighted by atomic mass is 16.5. The molecule has 1 N–H and O–H groups in total. The fraction of sp³-hybridized carbons (Fsp3) is 0.938. The number of carbonyl (C=O) groups excluding carboxylic acids is 1. The van der Waals surface area contributed by atoms with Gasteiger partial charge in [0.1, 0.15) is 5.54 Å². The molecule has 0 saturated carbocycles. The van der Waals surface area contributed by atoms with Crippen LogP contribution in [0.4, 0.5) is 0 Å². The highest BCUT2D eigenvalue weighted by Crippen LogP contribution is 2.34. The summed E-state index contributed by atoms with van der Waals surface area (Å²) in [5.41, 5.74) is -0.160. The number of carbonyl (C=O) groups is 1. The van der Waals surface area contributed by atoms with Gasteiger partial charge in [-0.15, -0.1) is 0 Å². The second-order valence-corrected chi connectivity index (χ2v) is 7.31. The van der Waals surface area contributed by atoms with Gasteiger partial charge in [0, 0.05) is 6.54 Å². The Hall–Kier alpha value is -0.610. The average molecular weight is 284 g/mol. The summed E-state index contributed by atoms with van der Waals surface area (Å²) >= 11 is 0. The lowest BCUT2D eigenvalue weighted by atomic mass is 9.75. The summed E-state index contributed by atoms with van der Waals surface area (Å²) in [5, 5.41) is 3.10. The molecule has 1 saturated heterocycles. The van der Waals surface area contributed by atoms with Crippen LogP contribution in [0.5, 0.6) is 0 Å². The van der Waals surface area contributed by atoms with Gasteiger partial charge in [-0.1, -0.05) is 20.8 Å². The first-order chi connectivity index (χ1) is 9.23. The predicted molar refractivity (Wildman–Crippen MR) is 82.7 cm³/mol. The zero-order valence-electron chi connectivity index (χ0n) is 14.1. The first-order valence-electron chi connectivity index (χ1n) is 7.72. The lowest BCUT2D eigenvalue weighted by Crippen LogP contribution is -2.51. The molecule has 0 spiro atoms. The van der Waals surface area contributed by atoms with Crippen LogP contribution in [0.1, 0.15) is 47.0 Å². The third kappa shape index (κ3) is 4.45. The number of likely N-dealkylation sites (N-methyl/N-ethyl adjacent to an activating group) is 1. The van der Waals surface area contributed by atoms with E-state index < -0.39 is 5.54 Å². The van der Waals surface area contributed by atoms with E-state index in [2.05, 4.69) is 31.0 Å². The Morgan fingerprint density at radius 1 is 1.25 bits per heavy atom. The monoisotopic (exact) mass is 284 g/mol. The van der Waals surface area contributed by atoms with Gasteiger partial charge in [0.15, 0.2) is 0 Å². The number of methoxy groups -OCH3 is 1. The molecule has 0 radical (unpaired) electrons. The molecule has 4 nitrogen and oxygen atoms in total. The van der Waals surface area contributed by atoms with Crippen LogP contribution in [0.25, 0.3) is 0 Å². The van der Waals surface area contributed by atoms with Gasteiger partial charge in [-0.25, -0.2) is 0 Å². The number of ether oxygens (including phenoxy) is 1. The van der Waals surface area contributed by atoms with Crippen LogP contribution in [0.15, 0.2) is 0 Å². The molecular formula is C16H32N2O2. The van der Waals surface area contributed by atoms with Crippen LogP contribution < -0.4 is 5.32 Å². The van der Waals surface area contributed by atoms with Gasteiger partial charge in [0.2, 0.25) is 0 Å². The van der Waals surface area contributed by atoms with Crippen LogP contribution in [0.3, 0.4) is 0 Å². The van der Waals surface area contributed by atoms with Crippen molar-refractivity contribution in [3.63, 3.8) is 0 Å². The molecule has 1 fully saturated rings. The molecule has 0 aromatic heterocycles. The molecule has 118 valence electrons. The molecule has 1 atom stereocenters. The third-order valence-corrected chi connectivity index (χ3v) is 4.93. The summed E-state index contributed by atoms with van der Waals surface area (Å²) in [6, 6.07) is 0. The highest BCUT2D eigenvalue weighted by Gasteiger charge is 2.34. The fourth-order valence-corrected chi connectivity index (χ4v) is 2.96. The summed E-state index contributed by atoms with van der Waals surface area (Å²) in [6.45, 7) is 12.2. The van der Waals surface area contributed by atoms with E-state index in [1.54, 1.807) is 0 Å². The Balaban J connectivity index is 2.43. The quantitative estimate of drug-likeness (QED) is 0.787. The first kappa shape index (κ1) is 17.4. The van der Waals surface area contributed by atoms with Crippen molar-refractivity contribution in [2.45, 2.75) is 52.5 Å². The van der Waals surface area contributed by atoms with E-state index in [4.69, 9.17) is 4.74 Å². The Bertz CT molecular complexity index is 317. The highest BCUT2D eigenvalue weighted by molar-refractivity contribution is 5.80. The zero-order chi connectivity index (χ0) is 15.4. The number of hydrogen-bond acceptors (Lipinski definition) is 4. The Morgan fingerprint density at radius 3 is 2.20 bits per heavy atom. The van der Waals surface area contributed by atoms with E-state index in [1.807, 2.05) is 14.0 Å². The van der Waals surface area contributed by atoms with Gasteiger partial charge in [-0.2, -0.15) is 0 Å². The number of nitrogens with zero attached hydrogens (tertiary/aromatic N) is 1. The third-order valence-electron chi connectivity index (χ3n) is 4.93. The van der Waals surface area contributed by atoms with Gasteiger partial charge in [-0.05, 0) is 57.7 Å². The minimum atomic E-state index is -0.574. The Morgan fingerprint density at radius 2 is 1.80 bits per heavy atom. The smallest absolute Gasteiger partial charge is 0.325 e. The lowest BCUT2D eigenvalue weighted by Gasteiger charge is -2.39. The fourth-order valence-electron chi connectivity index (χ4n) is 2.96. The minimum absolute atomic E-state index is 0.176. The number of rotatable bonds is 5. The molecule has 1 aliphatic rings. The standard InChI is InChI=1S/C16H32N2O2/c1-15(2,3)13-7-10-18(11-8-13)12-9-16(4,17-5)14(19)20-6/h13,17H,7-12H2,1-6H3. The van der Waals surface area contributed by atoms with Gasteiger partial charge in [0.25, 0.3) is 0 Å². The molecule has 0 aromatic rings. The minimum Gasteiger partial charge on any atom is -0.468 e. The molecule has 1 unspecified atom stereocenters. The SMILES string of the molecule is CNC(C)(CCN1CCC(C(C)(C)C)CC1)C(=O)OC. The van der Waals surface area contributed by atoms with Gasteiger partial charge >= 0.3 is 5.97 Å². The van der Waals surface area contributed by atoms with Crippen molar-refractivity contribution < 1.29 is 9.53 Å². The molecule has 1 heterocycles. The maximum Gasteiger partial charge on any atom is 0.325 e. The Labute approximate surface area is 124 Å². The van der Waals surface area contributed by atoms with Gasteiger partial charge < -0.3 is 15.0 Å². The van der Waals surface area contributed by atoms with E-state index in [0.717, 1.165) is 32.0 Å². The van der Waals surface area contributed by atoms with Crippen molar-refractivity contribution in [2.24, 2.45) is 11.3 Å². The maximum atomic E-state index is 11.8. The van der Waals surface area contributed by atoms with Gasteiger partial charge in [0.05, 0.1) is 7.11 Å². The van der Waals surface area contributed by atoms with Crippen molar-refractivity contribution in [2.75, 3.05) is 33.8 Å². The summed E-state index contributed by atoms with van der Waals surface area (Å²) < 4.78 is 4.89. The molecule has 0 aliphatic carbocycles. The number of hydrogen-bond donors (Lipinski definition) is 1. The second-order valence-electron chi connectivity index (χ2n) is 7.31. The molecule has 1 rings (SSSR count). The molecule has 1 aliphatic heterocycles. The van der Waals surface area contributed by atoms with Gasteiger partial charge in [-0.3, -0.25) is 4.79 Å². The normalized spacial score (nSPS) is 21.5. The van der Waals surface area contributed by atoms with Crippen molar-refractivity contribution in [1.29, 1.82) is 0 Å².